The van der Waals surface area contributed by atoms with Crippen LogP contribution in [-0.4, -0.2) is 67.2 Å². The molecule has 2 amide bonds. The van der Waals surface area contributed by atoms with Gasteiger partial charge in [0.1, 0.15) is 0 Å². The van der Waals surface area contributed by atoms with Crippen LogP contribution in [0.15, 0.2) is 24.3 Å². The molecule has 0 bridgehead atoms. The molecule has 1 aromatic rings. The zero-order chi connectivity index (χ0) is 17.5. The molecule has 1 N–H and O–H groups in total. The highest BCUT2D eigenvalue weighted by Gasteiger charge is 2.19. The molecule has 1 heterocycles. The van der Waals surface area contributed by atoms with E-state index in [1.54, 1.807) is 11.0 Å². The van der Waals surface area contributed by atoms with E-state index in [1.165, 1.54) is 0 Å². The van der Waals surface area contributed by atoms with E-state index in [9.17, 15) is 14.4 Å². The quantitative estimate of drug-likeness (QED) is 0.785. The third-order valence-corrected chi connectivity index (χ3v) is 4.32. The largest absolute Gasteiger partial charge is 0.347 e. The van der Waals surface area contributed by atoms with Gasteiger partial charge in [-0.1, -0.05) is 24.3 Å². The van der Waals surface area contributed by atoms with Crippen molar-refractivity contribution in [1.82, 2.24) is 15.1 Å². The van der Waals surface area contributed by atoms with E-state index in [1.807, 2.05) is 32.2 Å². The predicted octanol–water partition coefficient (Wildman–Crippen LogP) is 0.848. The number of benzene rings is 1. The highest BCUT2D eigenvalue weighted by Crippen LogP contribution is 2.10. The van der Waals surface area contributed by atoms with Crippen molar-refractivity contribution in [2.75, 3.05) is 39.8 Å². The lowest BCUT2D eigenvalue weighted by atomic mass is 10.0. The van der Waals surface area contributed by atoms with Crippen molar-refractivity contribution < 1.29 is 14.4 Å². The molecule has 1 fully saturated rings. The summed E-state index contributed by atoms with van der Waals surface area (Å²) in [5, 5.41) is 2.62. The summed E-state index contributed by atoms with van der Waals surface area (Å²) in [4.78, 5) is 40.0. The second-order valence-corrected chi connectivity index (χ2v) is 6.20. The van der Waals surface area contributed by atoms with Crippen molar-refractivity contribution in [3.8, 4) is 0 Å². The van der Waals surface area contributed by atoms with Gasteiger partial charge in [0.05, 0.1) is 6.54 Å². The van der Waals surface area contributed by atoms with Gasteiger partial charge in [0.15, 0.2) is 5.78 Å². The number of rotatable bonds is 6. The Morgan fingerprint density at radius 2 is 1.71 bits per heavy atom. The highest BCUT2D eigenvalue weighted by atomic mass is 16.2. The van der Waals surface area contributed by atoms with Crippen molar-refractivity contribution in [1.29, 1.82) is 0 Å². The predicted molar refractivity (Wildman–Crippen MR) is 91.8 cm³/mol. The fourth-order valence-corrected chi connectivity index (χ4v) is 2.68. The van der Waals surface area contributed by atoms with E-state index < -0.39 is 0 Å². The van der Waals surface area contributed by atoms with Crippen LogP contribution < -0.4 is 5.32 Å². The molecule has 6 heteroatoms. The van der Waals surface area contributed by atoms with Gasteiger partial charge in [0, 0.05) is 44.6 Å². The number of hydrogen-bond acceptors (Lipinski definition) is 4. The Balaban J connectivity index is 1.71. The van der Waals surface area contributed by atoms with Crippen LogP contribution in [0, 0.1) is 6.92 Å². The number of likely N-dealkylation sites (N-methyl/N-ethyl adjacent to an activating group) is 1. The first-order valence-corrected chi connectivity index (χ1v) is 8.29. The van der Waals surface area contributed by atoms with Gasteiger partial charge in [-0.2, -0.15) is 0 Å². The van der Waals surface area contributed by atoms with Gasteiger partial charge >= 0.3 is 0 Å². The Hall–Kier alpha value is -2.21. The molecule has 0 unspecified atom stereocenters. The van der Waals surface area contributed by atoms with Gasteiger partial charge in [0.25, 0.3) is 0 Å². The summed E-state index contributed by atoms with van der Waals surface area (Å²) in [6.07, 6.45) is 0.253. The molecule has 0 atom stereocenters. The van der Waals surface area contributed by atoms with Gasteiger partial charge < -0.3 is 15.1 Å². The lowest BCUT2D eigenvalue weighted by molar-refractivity contribution is -0.134. The van der Waals surface area contributed by atoms with Gasteiger partial charge in [-0.05, 0) is 19.5 Å². The molecule has 1 saturated heterocycles. The normalized spacial score (nSPS) is 15.2. The monoisotopic (exact) mass is 331 g/mol. The third kappa shape index (κ3) is 5.16. The molecule has 0 spiro atoms. The summed E-state index contributed by atoms with van der Waals surface area (Å²) in [5.74, 6) is -0.380. The van der Waals surface area contributed by atoms with Gasteiger partial charge in [-0.15, -0.1) is 0 Å². The van der Waals surface area contributed by atoms with E-state index in [-0.39, 0.29) is 37.0 Å². The van der Waals surface area contributed by atoms with E-state index in [0.29, 0.717) is 18.7 Å². The Kier molecular flexibility index (Phi) is 6.49. The van der Waals surface area contributed by atoms with Crippen molar-refractivity contribution in [3.63, 3.8) is 0 Å². The fraction of sp³-hybridized carbons (Fsp3) is 0.500. The van der Waals surface area contributed by atoms with Crippen LogP contribution in [0.4, 0.5) is 0 Å². The van der Waals surface area contributed by atoms with Gasteiger partial charge in [-0.25, -0.2) is 0 Å². The molecule has 1 aliphatic heterocycles. The van der Waals surface area contributed by atoms with Crippen LogP contribution in [0.25, 0.3) is 0 Å². The molecule has 0 aromatic heterocycles. The van der Waals surface area contributed by atoms with Crippen molar-refractivity contribution >= 4 is 17.6 Å². The van der Waals surface area contributed by atoms with E-state index in [4.69, 9.17) is 0 Å². The summed E-state index contributed by atoms with van der Waals surface area (Å²) in [6, 6.07) is 7.34. The molecule has 0 radical (unpaired) electrons. The Labute approximate surface area is 142 Å². The lowest BCUT2D eigenvalue weighted by Crippen LogP contribution is -2.50. The first-order valence-electron chi connectivity index (χ1n) is 8.29. The SMILES string of the molecule is Cc1ccccc1C(=O)CCC(=O)NCC(=O)N1CCN(C)CC1. The Morgan fingerprint density at radius 1 is 1.04 bits per heavy atom. The Morgan fingerprint density at radius 3 is 2.38 bits per heavy atom. The molecule has 130 valence electrons. The number of carbonyl (C=O) groups excluding carboxylic acids is 3. The second-order valence-electron chi connectivity index (χ2n) is 6.20. The molecular weight excluding hydrogens is 306 g/mol. The van der Waals surface area contributed by atoms with Crippen LogP contribution in [0.5, 0.6) is 0 Å². The third-order valence-electron chi connectivity index (χ3n) is 4.32. The van der Waals surface area contributed by atoms with Gasteiger partial charge in [-0.3, -0.25) is 14.4 Å². The summed E-state index contributed by atoms with van der Waals surface area (Å²) in [6.45, 7) is 4.96. The number of hydrogen-bond donors (Lipinski definition) is 1. The number of aryl methyl sites for hydroxylation is 1. The Bertz CT molecular complexity index is 607. The van der Waals surface area contributed by atoms with Crippen LogP contribution in [0.1, 0.15) is 28.8 Å². The smallest absolute Gasteiger partial charge is 0.242 e. The fourth-order valence-electron chi connectivity index (χ4n) is 2.68. The highest BCUT2D eigenvalue weighted by molar-refractivity contribution is 5.99. The van der Waals surface area contributed by atoms with Crippen molar-refractivity contribution in [2.24, 2.45) is 0 Å². The molecule has 1 aromatic carbocycles. The summed E-state index contributed by atoms with van der Waals surface area (Å²) in [5.41, 5.74) is 1.56. The van der Waals surface area contributed by atoms with E-state index in [2.05, 4.69) is 10.2 Å². The second kappa shape index (κ2) is 8.59. The number of nitrogens with one attached hydrogen (secondary N) is 1. The first kappa shape index (κ1) is 18.1. The minimum Gasteiger partial charge on any atom is -0.347 e. The number of ketones is 1. The van der Waals surface area contributed by atoms with Crippen LogP contribution >= 0.6 is 0 Å². The first-order chi connectivity index (χ1) is 11.5. The average molecular weight is 331 g/mol. The molecule has 2 rings (SSSR count). The number of Topliss-reactive ketones (excluding diaryl/α,β-unsaturated/α-hetero) is 1. The topological polar surface area (TPSA) is 69.7 Å². The number of amides is 2. The van der Waals surface area contributed by atoms with Crippen LogP contribution in [0.3, 0.4) is 0 Å². The number of carbonyl (C=O) groups is 3. The zero-order valence-corrected chi connectivity index (χ0v) is 14.4. The minimum atomic E-state index is -0.264. The number of piperazine rings is 1. The molecular formula is C18H25N3O3. The van der Waals surface area contributed by atoms with Crippen molar-refractivity contribution in [2.45, 2.75) is 19.8 Å². The minimum absolute atomic E-state index is 0.00109. The molecule has 1 aliphatic rings. The van der Waals surface area contributed by atoms with Crippen LogP contribution in [-0.2, 0) is 9.59 Å². The maximum Gasteiger partial charge on any atom is 0.242 e. The van der Waals surface area contributed by atoms with Crippen molar-refractivity contribution in [3.05, 3.63) is 35.4 Å². The van der Waals surface area contributed by atoms with E-state index >= 15 is 0 Å². The van der Waals surface area contributed by atoms with E-state index in [0.717, 1.165) is 18.7 Å². The van der Waals surface area contributed by atoms with Gasteiger partial charge in [0.2, 0.25) is 11.8 Å². The maximum atomic E-state index is 12.1. The zero-order valence-electron chi connectivity index (χ0n) is 14.4. The standard InChI is InChI=1S/C18H25N3O3/c1-14-5-3-4-6-15(14)16(22)7-8-17(23)19-13-18(24)21-11-9-20(2)10-12-21/h3-6H,7-13H2,1-2H3,(H,19,23). The average Bonchev–Trinajstić information content (AvgIpc) is 2.58. The molecule has 6 nitrogen and oxygen atoms in total. The molecule has 0 aliphatic carbocycles. The summed E-state index contributed by atoms with van der Waals surface area (Å²) < 4.78 is 0. The summed E-state index contributed by atoms with van der Waals surface area (Å²) in [7, 11) is 2.02. The maximum absolute atomic E-state index is 12.1. The number of nitrogens with zero attached hydrogens (tertiary/aromatic N) is 2. The molecule has 24 heavy (non-hydrogen) atoms. The summed E-state index contributed by atoms with van der Waals surface area (Å²) >= 11 is 0. The lowest BCUT2D eigenvalue weighted by Gasteiger charge is -2.32. The van der Waals surface area contributed by atoms with Crippen LogP contribution in [0.2, 0.25) is 0 Å². The molecule has 0 saturated carbocycles.